The van der Waals surface area contributed by atoms with Crippen LogP contribution in [0.15, 0.2) is 10.2 Å². The zero-order valence-electron chi connectivity index (χ0n) is 6.79. The third-order valence-corrected chi connectivity index (χ3v) is 1.30. The summed E-state index contributed by atoms with van der Waals surface area (Å²) in [5.41, 5.74) is 16.0. The number of rotatable bonds is 6. The Bertz CT molecular complexity index is 204. The van der Waals surface area contributed by atoms with E-state index in [2.05, 4.69) is 20.1 Å². The largest absolute Gasteiger partial charge is 0.381 e. The Morgan fingerprint density at radius 3 is 2.50 bits per heavy atom. The van der Waals surface area contributed by atoms with Gasteiger partial charge in [0.15, 0.2) is 0 Å². The molecule has 0 saturated heterocycles. The van der Waals surface area contributed by atoms with Gasteiger partial charge in [0, 0.05) is 23.5 Å². The molecule has 0 heterocycles. The predicted molar refractivity (Wildman–Crippen MR) is 43.4 cm³/mol. The van der Waals surface area contributed by atoms with E-state index in [0.717, 1.165) is 0 Å². The molecule has 0 aromatic heterocycles. The average Bonchev–Trinajstić information content (AvgIpc) is 2.11. The van der Waals surface area contributed by atoms with Crippen LogP contribution in [0.25, 0.3) is 20.9 Å². The van der Waals surface area contributed by atoms with E-state index in [-0.39, 0.29) is 12.6 Å². The van der Waals surface area contributed by atoms with Gasteiger partial charge in [-0.3, -0.25) is 0 Å². The summed E-state index contributed by atoms with van der Waals surface area (Å²) in [5, 5.41) is 6.68. The summed E-state index contributed by atoms with van der Waals surface area (Å²) < 4.78 is 4.95. The van der Waals surface area contributed by atoms with Crippen LogP contribution in [0.2, 0.25) is 0 Å². The first-order chi connectivity index (χ1) is 5.85. The summed E-state index contributed by atoms with van der Waals surface area (Å²) >= 11 is 0. The summed E-state index contributed by atoms with van der Waals surface area (Å²) in [5.74, 6) is 0. The number of ether oxygens (including phenoxy) is 1. The molecule has 0 spiro atoms. The lowest BCUT2D eigenvalue weighted by Gasteiger charge is -2.09. The van der Waals surface area contributed by atoms with Gasteiger partial charge in [0.1, 0.15) is 0 Å². The van der Waals surface area contributed by atoms with Crippen molar-refractivity contribution in [3.8, 4) is 0 Å². The van der Waals surface area contributed by atoms with Crippen molar-refractivity contribution in [2.45, 2.75) is 12.5 Å². The molecule has 0 aliphatic rings. The van der Waals surface area contributed by atoms with Crippen LogP contribution in [-0.2, 0) is 4.74 Å². The summed E-state index contributed by atoms with van der Waals surface area (Å²) in [7, 11) is 1.52. The molecule has 0 N–H and O–H groups in total. The van der Waals surface area contributed by atoms with E-state index in [4.69, 9.17) is 15.8 Å². The first kappa shape index (κ1) is 10.6. The number of hydrogen-bond donors (Lipinski definition) is 0. The van der Waals surface area contributed by atoms with Crippen LogP contribution in [0, 0.1) is 0 Å². The molecule has 0 aliphatic heterocycles. The SMILES string of the molecule is COC(CCN=[N+]=[N-])CN=[N+]=[N-]. The minimum Gasteiger partial charge on any atom is -0.381 e. The van der Waals surface area contributed by atoms with Crippen molar-refractivity contribution in [2.24, 2.45) is 10.2 Å². The Labute approximate surface area is 69.6 Å². The van der Waals surface area contributed by atoms with Crippen molar-refractivity contribution in [2.75, 3.05) is 20.2 Å². The van der Waals surface area contributed by atoms with Crippen LogP contribution < -0.4 is 0 Å². The first-order valence-electron chi connectivity index (χ1n) is 3.39. The summed E-state index contributed by atoms with van der Waals surface area (Å²) in [6, 6.07) is 0. The van der Waals surface area contributed by atoms with Crippen LogP contribution in [0.1, 0.15) is 6.42 Å². The van der Waals surface area contributed by atoms with E-state index in [9.17, 15) is 0 Å². The Hall–Kier alpha value is -1.42. The molecule has 7 heteroatoms. The van der Waals surface area contributed by atoms with E-state index in [1.54, 1.807) is 0 Å². The molecule has 1 atom stereocenters. The van der Waals surface area contributed by atoms with Gasteiger partial charge >= 0.3 is 0 Å². The molecule has 7 nitrogen and oxygen atoms in total. The van der Waals surface area contributed by atoms with Gasteiger partial charge in [-0.2, -0.15) is 0 Å². The molecule has 0 amide bonds. The predicted octanol–water partition coefficient (Wildman–Crippen LogP) is 2.01. The monoisotopic (exact) mass is 170 g/mol. The highest BCUT2D eigenvalue weighted by Crippen LogP contribution is 1.98. The Morgan fingerprint density at radius 2 is 2.00 bits per heavy atom. The van der Waals surface area contributed by atoms with E-state index in [0.29, 0.717) is 13.0 Å². The fraction of sp³-hybridized carbons (Fsp3) is 1.00. The molecule has 0 aliphatic carbocycles. The molecular weight excluding hydrogens is 160 g/mol. The van der Waals surface area contributed by atoms with Gasteiger partial charge in [0.05, 0.1) is 12.6 Å². The molecule has 0 rings (SSSR count). The zero-order chi connectivity index (χ0) is 9.23. The minimum atomic E-state index is -0.161. The second-order valence-electron chi connectivity index (χ2n) is 2.01. The van der Waals surface area contributed by atoms with Crippen LogP contribution in [0.3, 0.4) is 0 Å². The van der Waals surface area contributed by atoms with Crippen molar-refractivity contribution in [3.05, 3.63) is 20.9 Å². The van der Waals surface area contributed by atoms with Crippen molar-refractivity contribution >= 4 is 0 Å². The lowest BCUT2D eigenvalue weighted by atomic mass is 10.2. The van der Waals surface area contributed by atoms with Gasteiger partial charge in [-0.25, -0.2) is 0 Å². The molecule has 0 saturated carbocycles. The van der Waals surface area contributed by atoms with Gasteiger partial charge in [0.2, 0.25) is 0 Å². The van der Waals surface area contributed by atoms with Crippen molar-refractivity contribution in [1.82, 2.24) is 0 Å². The number of hydrogen-bond acceptors (Lipinski definition) is 3. The maximum Gasteiger partial charge on any atom is 0.0629 e. The van der Waals surface area contributed by atoms with Crippen LogP contribution in [0.5, 0.6) is 0 Å². The van der Waals surface area contributed by atoms with E-state index in [1.807, 2.05) is 0 Å². The Morgan fingerprint density at radius 1 is 1.33 bits per heavy atom. The number of azide groups is 2. The lowest BCUT2D eigenvalue weighted by molar-refractivity contribution is 0.104. The maximum atomic E-state index is 8.00. The van der Waals surface area contributed by atoms with Gasteiger partial charge in [-0.1, -0.05) is 10.2 Å². The average molecular weight is 170 g/mol. The quantitative estimate of drug-likeness (QED) is 0.339. The second-order valence-corrected chi connectivity index (χ2v) is 2.01. The molecule has 1 unspecified atom stereocenters. The van der Waals surface area contributed by atoms with Gasteiger partial charge < -0.3 is 4.74 Å². The number of nitrogens with zero attached hydrogens (tertiary/aromatic N) is 6. The third kappa shape index (κ3) is 5.37. The molecule has 66 valence electrons. The fourth-order valence-corrected chi connectivity index (χ4v) is 0.658. The van der Waals surface area contributed by atoms with E-state index >= 15 is 0 Å². The van der Waals surface area contributed by atoms with Gasteiger partial charge in [0.25, 0.3) is 0 Å². The minimum absolute atomic E-state index is 0.161. The van der Waals surface area contributed by atoms with Crippen LogP contribution in [0.4, 0.5) is 0 Å². The fourth-order valence-electron chi connectivity index (χ4n) is 0.658. The zero-order valence-corrected chi connectivity index (χ0v) is 6.79. The smallest absolute Gasteiger partial charge is 0.0629 e. The van der Waals surface area contributed by atoms with E-state index < -0.39 is 0 Å². The molecule has 12 heavy (non-hydrogen) atoms. The molecule has 0 radical (unpaired) electrons. The second kappa shape index (κ2) is 7.68. The topological polar surface area (TPSA) is 107 Å². The van der Waals surface area contributed by atoms with Crippen LogP contribution >= 0.6 is 0 Å². The summed E-state index contributed by atoms with van der Waals surface area (Å²) in [6.07, 6.45) is 0.408. The van der Waals surface area contributed by atoms with Gasteiger partial charge in [-0.15, -0.1) is 0 Å². The molecule has 0 bridgehead atoms. The first-order valence-corrected chi connectivity index (χ1v) is 3.39. The summed E-state index contributed by atoms with van der Waals surface area (Å²) in [6.45, 7) is 0.629. The normalized spacial score (nSPS) is 11.1. The molecule has 0 fully saturated rings. The highest BCUT2D eigenvalue weighted by molar-refractivity contribution is 4.63. The molecular formula is C5H10N6O. The van der Waals surface area contributed by atoms with E-state index in [1.165, 1.54) is 7.11 Å². The summed E-state index contributed by atoms with van der Waals surface area (Å²) in [4.78, 5) is 5.18. The standard InChI is InChI=1S/C5H10N6O/c1-12-5(4-9-11-7)2-3-8-10-6/h5H,2-4H2,1H3. The highest BCUT2D eigenvalue weighted by Gasteiger charge is 2.03. The Balaban J connectivity index is 3.66. The van der Waals surface area contributed by atoms with Gasteiger partial charge in [-0.05, 0) is 17.5 Å². The number of methoxy groups -OCH3 is 1. The maximum absolute atomic E-state index is 8.00. The molecule has 0 aromatic rings. The van der Waals surface area contributed by atoms with Crippen LogP contribution in [-0.4, -0.2) is 26.3 Å². The van der Waals surface area contributed by atoms with Crippen molar-refractivity contribution in [1.29, 1.82) is 0 Å². The Kier molecular flexibility index (Phi) is 6.78. The lowest BCUT2D eigenvalue weighted by Crippen LogP contribution is -2.15. The van der Waals surface area contributed by atoms with Crippen molar-refractivity contribution in [3.63, 3.8) is 0 Å². The third-order valence-electron chi connectivity index (χ3n) is 1.30. The highest BCUT2D eigenvalue weighted by atomic mass is 16.5. The molecule has 0 aromatic carbocycles. The van der Waals surface area contributed by atoms with Crippen molar-refractivity contribution < 1.29 is 4.74 Å².